The average molecular weight is 384 g/mol. The van der Waals surface area contributed by atoms with Gasteiger partial charge in [-0.2, -0.15) is 4.98 Å². The summed E-state index contributed by atoms with van der Waals surface area (Å²) in [4.78, 5) is 9.53. The zero-order valence-electron chi connectivity index (χ0n) is 15.7. The van der Waals surface area contributed by atoms with Gasteiger partial charge >= 0.3 is 0 Å². The van der Waals surface area contributed by atoms with Gasteiger partial charge < -0.3 is 9.26 Å². The third-order valence-electron chi connectivity index (χ3n) is 4.78. The number of ether oxygens (including phenoxy) is 1. The van der Waals surface area contributed by atoms with Crippen molar-refractivity contribution < 1.29 is 9.26 Å². The number of nitrogens with zero attached hydrogens (tertiary/aromatic N) is 3. The molecular formula is C21H25N3O2S. The first-order chi connectivity index (χ1) is 13.3. The number of benzene rings is 1. The first-order valence-corrected chi connectivity index (χ1v) is 10.5. The predicted molar refractivity (Wildman–Crippen MR) is 108 cm³/mol. The molecule has 1 saturated heterocycles. The van der Waals surface area contributed by atoms with Crippen LogP contribution < -0.4 is 4.74 Å². The summed E-state index contributed by atoms with van der Waals surface area (Å²) in [5.74, 6) is 1.99. The molecule has 0 spiro atoms. The minimum absolute atomic E-state index is 0.582. The first-order valence-electron chi connectivity index (χ1n) is 9.70. The Kier molecular flexibility index (Phi) is 5.84. The van der Waals surface area contributed by atoms with Crippen molar-refractivity contribution in [2.75, 3.05) is 19.7 Å². The summed E-state index contributed by atoms with van der Waals surface area (Å²) in [6, 6.07) is 12.1. The van der Waals surface area contributed by atoms with Gasteiger partial charge in [-0.05, 0) is 57.1 Å². The van der Waals surface area contributed by atoms with Crippen molar-refractivity contribution in [1.82, 2.24) is 15.0 Å². The number of aromatic nitrogens is 2. The van der Waals surface area contributed by atoms with Crippen LogP contribution in [0.2, 0.25) is 0 Å². The molecule has 0 radical (unpaired) electrons. The van der Waals surface area contributed by atoms with E-state index in [1.807, 2.05) is 31.2 Å². The standard InChI is InChI=1S/C21H25N3O2S/c1-2-25-17-9-7-8-16(14-17)20-22-21(26-23-20)19-11-10-18(27-19)15-24-12-5-3-4-6-13-24/h7-11,14H,2-6,12-13,15H2,1H3. The molecule has 0 bridgehead atoms. The second-order valence-electron chi connectivity index (χ2n) is 6.84. The van der Waals surface area contributed by atoms with Crippen LogP contribution in [0.4, 0.5) is 0 Å². The Morgan fingerprint density at radius 3 is 2.78 bits per heavy atom. The molecule has 1 aliphatic rings. The highest BCUT2D eigenvalue weighted by Crippen LogP contribution is 2.30. The molecule has 27 heavy (non-hydrogen) atoms. The molecule has 5 nitrogen and oxygen atoms in total. The summed E-state index contributed by atoms with van der Waals surface area (Å²) < 4.78 is 11.1. The number of hydrogen-bond acceptors (Lipinski definition) is 6. The van der Waals surface area contributed by atoms with Crippen LogP contribution in [-0.2, 0) is 6.54 Å². The van der Waals surface area contributed by atoms with Crippen molar-refractivity contribution in [3.63, 3.8) is 0 Å². The van der Waals surface area contributed by atoms with Crippen LogP contribution in [0.5, 0.6) is 5.75 Å². The van der Waals surface area contributed by atoms with Crippen LogP contribution in [0.15, 0.2) is 40.9 Å². The average Bonchev–Trinajstić information content (AvgIpc) is 3.27. The van der Waals surface area contributed by atoms with E-state index in [1.54, 1.807) is 11.3 Å². The lowest BCUT2D eigenvalue weighted by Crippen LogP contribution is -2.23. The lowest BCUT2D eigenvalue weighted by molar-refractivity contribution is 0.279. The van der Waals surface area contributed by atoms with E-state index >= 15 is 0 Å². The Bertz CT molecular complexity index is 866. The van der Waals surface area contributed by atoms with Gasteiger partial charge in [-0.1, -0.05) is 30.1 Å². The zero-order valence-corrected chi connectivity index (χ0v) is 16.5. The van der Waals surface area contributed by atoms with Crippen LogP contribution >= 0.6 is 11.3 Å². The summed E-state index contributed by atoms with van der Waals surface area (Å²) in [6.45, 7) is 6.03. The summed E-state index contributed by atoms with van der Waals surface area (Å²) in [5, 5.41) is 4.16. The van der Waals surface area contributed by atoms with E-state index in [0.29, 0.717) is 18.3 Å². The Balaban J connectivity index is 1.47. The van der Waals surface area contributed by atoms with Crippen LogP contribution in [0.3, 0.4) is 0 Å². The van der Waals surface area contributed by atoms with Gasteiger partial charge in [0.25, 0.3) is 5.89 Å². The molecule has 2 aromatic heterocycles. The van der Waals surface area contributed by atoms with E-state index in [0.717, 1.165) is 22.7 Å². The predicted octanol–water partition coefficient (Wildman–Crippen LogP) is 5.24. The first kappa shape index (κ1) is 18.2. The maximum atomic E-state index is 5.56. The van der Waals surface area contributed by atoms with Gasteiger partial charge in [0.1, 0.15) is 5.75 Å². The largest absolute Gasteiger partial charge is 0.494 e. The van der Waals surface area contributed by atoms with Crippen molar-refractivity contribution >= 4 is 11.3 Å². The maximum absolute atomic E-state index is 5.56. The highest BCUT2D eigenvalue weighted by atomic mass is 32.1. The smallest absolute Gasteiger partial charge is 0.268 e. The van der Waals surface area contributed by atoms with Gasteiger partial charge in [0, 0.05) is 17.0 Å². The maximum Gasteiger partial charge on any atom is 0.268 e. The van der Waals surface area contributed by atoms with E-state index in [4.69, 9.17) is 9.26 Å². The fraction of sp³-hybridized carbons (Fsp3) is 0.429. The summed E-state index contributed by atoms with van der Waals surface area (Å²) in [7, 11) is 0. The molecule has 3 heterocycles. The number of thiophene rings is 1. The molecule has 6 heteroatoms. The van der Waals surface area contributed by atoms with Gasteiger partial charge in [0.15, 0.2) is 0 Å². The topological polar surface area (TPSA) is 51.4 Å². The van der Waals surface area contributed by atoms with E-state index in [9.17, 15) is 0 Å². The van der Waals surface area contributed by atoms with E-state index in [-0.39, 0.29) is 0 Å². The monoisotopic (exact) mass is 383 g/mol. The quantitative estimate of drug-likeness (QED) is 0.583. The van der Waals surface area contributed by atoms with Crippen LogP contribution in [0, 0.1) is 0 Å². The lowest BCUT2D eigenvalue weighted by Gasteiger charge is -2.18. The van der Waals surface area contributed by atoms with Gasteiger partial charge in [0.05, 0.1) is 11.5 Å². The number of hydrogen-bond donors (Lipinski definition) is 0. The highest BCUT2D eigenvalue weighted by molar-refractivity contribution is 7.15. The molecular weight excluding hydrogens is 358 g/mol. The number of likely N-dealkylation sites (tertiary alicyclic amines) is 1. The minimum Gasteiger partial charge on any atom is -0.494 e. The fourth-order valence-corrected chi connectivity index (χ4v) is 4.40. The molecule has 0 saturated carbocycles. The Hall–Kier alpha value is -2.18. The highest BCUT2D eigenvalue weighted by Gasteiger charge is 2.15. The Labute approximate surface area is 164 Å². The van der Waals surface area contributed by atoms with Crippen LogP contribution in [0.25, 0.3) is 22.2 Å². The molecule has 1 aromatic carbocycles. The summed E-state index contributed by atoms with van der Waals surface area (Å²) >= 11 is 1.74. The van der Waals surface area contributed by atoms with E-state index in [1.165, 1.54) is 43.6 Å². The van der Waals surface area contributed by atoms with Crippen molar-refractivity contribution in [3.8, 4) is 27.9 Å². The van der Waals surface area contributed by atoms with E-state index < -0.39 is 0 Å². The second kappa shape index (κ2) is 8.67. The third-order valence-corrected chi connectivity index (χ3v) is 5.84. The zero-order chi connectivity index (χ0) is 18.5. The summed E-state index contributed by atoms with van der Waals surface area (Å²) in [6.07, 6.45) is 5.35. The van der Waals surface area contributed by atoms with Gasteiger partial charge in [-0.15, -0.1) is 11.3 Å². The molecule has 0 aliphatic carbocycles. The van der Waals surface area contributed by atoms with Crippen molar-refractivity contribution in [1.29, 1.82) is 0 Å². The van der Waals surface area contributed by atoms with Crippen molar-refractivity contribution in [3.05, 3.63) is 41.3 Å². The molecule has 0 amide bonds. The molecule has 0 unspecified atom stereocenters. The third kappa shape index (κ3) is 4.57. The lowest BCUT2D eigenvalue weighted by atomic mass is 10.2. The van der Waals surface area contributed by atoms with Crippen molar-refractivity contribution in [2.24, 2.45) is 0 Å². The molecule has 3 aromatic rings. The normalized spacial score (nSPS) is 15.6. The molecule has 1 fully saturated rings. The Morgan fingerprint density at radius 2 is 1.96 bits per heavy atom. The number of rotatable bonds is 6. The van der Waals surface area contributed by atoms with Gasteiger partial charge in [-0.3, -0.25) is 4.90 Å². The fourth-order valence-electron chi connectivity index (χ4n) is 3.42. The van der Waals surface area contributed by atoms with E-state index in [2.05, 4.69) is 27.2 Å². The molecule has 0 N–H and O–H groups in total. The van der Waals surface area contributed by atoms with Gasteiger partial charge in [-0.25, -0.2) is 0 Å². The second-order valence-corrected chi connectivity index (χ2v) is 8.01. The summed E-state index contributed by atoms with van der Waals surface area (Å²) in [5.41, 5.74) is 0.900. The molecule has 142 valence electrons. The van der Waals surface area contributed by atoms with Crippen LogP contribution in [-0.4, -0.2) is 34.7 Å². The molecule has 4 rings (SSSR count). The van der Waals surface area contributed by atoms with Gasteiger partial charge in [0.2, 0.25) is 5.82 Å². The minimum atomic E-state index is 0.582. The van der Waals surface area contributed by atoms with Crippen molar-refractivity contribution in [2.45, 2.75) is 39.2 Å². The van der Waals surface area contributed by atoms with Crippen LogP contribution in [0.1, 0.15) is 37.5 Å². The SMILES string of the molecule is CCOc1cccc(-c2noc(-c3ccc(CN4CCCCCC4)s3)n2)c1. The Morgan fingerprint density at radius 1 is 1.11 bits per heavy atom. The molecule has 1 aliphatic heterocycles. The molecule has 0 atom stereocenters.